The molecule has 0 saturated heterocycles. The van der Waals surface area contributed by atoms with E-state index in [2.05, 4.69) is 4.72 Å². The molecule has 0 heterocycles. The van der Waals surface area contributed by atoms with Crippen LogP contribution in [0.4, 0.5) is 10.1 Å². The molecule has 0 unspecified atom stereocenters. The van der Waals surface area contributed by atoms with Gasteiger partial charge in [0.05, 0.1) is 16.8 Å². The molecule has 0 bridgehead atoms. The Morgan fingerprint density at radius 1 is 1.17 bits per heavy atom. The lowest BCUT2D eigenvalue weighted by Gasteiger charge is -2.26. The first-order chi connectivity index (χ1) is 10.4. The summed E-state index contributed by atoms with van der Waals surface area (Å²) in [6.07, 6.45) is 2.03. The van der Waals surface area contributed by atoms with Gasteiger partial charge in [0, 0.05) is 12.1 Å². The highest BCUT2D eigenvalue weighted by Crippen LogP contribution is 2.20. The number of benzene rings is 1. The van der Waals surface area contributed by atoms with Gasteiger partial charge in [0.25, 0.3) is 0 Å². The fraction of sp³-hybridized carbons (Fsp3) is 0.538. The maximum atomic E-state index is 13.9. The molecule has 0 radical (unpaired) electrons. The average Bonchev–Trinajstić information content (AvgIpc) is 2.45. The topological polar surface area (TPSA) is 118 Å². The molecule has 0 fully saturated rings. The molecule has 1 aromatic carbocycles. The highest BCUT2D eigenvalue weighted by atomic mass is 35.5. The second-order valence-electron chi connectivity index (χ2n) is 5.41. The van der Waals surface area contributed by atoms with Gasteiger partial charge in [-0.05, 0) is 31.0 Å². The van der Waals surface area contributed by atoms with Crippen LogP contribution in [0.2, 0.25) is 0 Å². The van der Waals surface area contributed by atoms with Crippen molar-refractivity contribution < 1.29 is 21.2 Å². The second kappa shape index (κ2) is 8.43. The van der Waals surface area contributed by atoms with Crippen LogP contribution >= 0.6 is 12.4 Å². The van der Waals surface area contributed by atoms with Gasteiger partial charge in [-0.15, -0.1) is 12.4 Å². The monoisotopic (exact) mass is 403 g/mol. The van der Waals surface area contributed by atoms with Crippen LogP contribution < -0.4 is 15.2 Å². The number of sulfonamides is 2. The van der Waals surface area contributed by atoms with Crippen LogP contribution in [0.1, 0.15) is 26.7 Å². The van der Waals surface area contributed by atoms with Crippen LogP contribution in [0.15, 0.2) is 23.1 Å². The number of halogens is 2. The van der Waals surface area contributed by atoms with Crippen molar-refractivity contribution in [3.63, 3.8) is 0 Å². The summed E-state index contributed by atoms with van der Waals surface area (Å²) < 4.78 is 64.8. The van der Waals surface area contributed by atoms with E-state index in [-0.39, 0.29) is 29.5 Å². The first-order valence-electron chi connectivity index (χ1n) is 6.98. The van der Waals surface area contributed by atoms with Gasteiger partial charge in [-0.2, -0.15) is 0 Å². The number of anilines is 1. The van der Waals surface area contributed by atoms with Gasteiger partial charge in [-0.1, -0.05) is 13.8 Å². The quantitative estimate of drug-likeness (QED) is 0.606. The summed E-state index contributed by atoms with van der Waals surface area (Å²) in [7, 11) is -7.60. The molecule has 0 atom stereocenters. The molecule has 7 nitrogen and oxygen atoms in total. The average molecular weight is 404 g/mol. The van der Waals surface area contributed by atoms with Gasteiger partial charge in [-0.25, -0.2) is 25.9 Å². The summed E-state index contributed by atoms with van der Waals surface area (Å²) >= 11 is 0. The lowest BCUT2D eigenvalue weighted by atomic mass is 9.95. The summed E-state index contributed by atoms with van der Waals surface area (Å²) in [5.74, 6) is -0.983. The van der Waals surface area contributed by atoms with Crippen molar-refractivity contribution in [1.82, 2.24) is 4.72 Å². The summed E-state index contributed by atoms with van der Waals surface area (Å²) in [4.78, 5) is -0.302. The van der Waals surface area contributed by atoms with Crippen LogP contribution in [-0.4, -0.2) is 35.2 Å². The molecule has 0 saturated carbocycles. The Morgan fingerprint density at radius 3 is 2.12 bits per heavy atom. The largest absolute Gasteiger partial charge is 0.324 e. The van der Waals surface area contributed by atoms with E-state index in [0.29, 0.717) is 12.8 Å². The molecule has 0 aliphatic heterocycles. The predicted molar refractivity (Wildman–Crippen MR) is 94.8 cm³/mol. The Kier molecular flexibility index (Phi) is 8.10. The van der Waals surface area contributed by atoms with E-state index in [0.717, 1.165) is 24.5 Å². The lowest BCUT2D eigenvalue weighted by Crippen LogP contribution is -2.49. The van der Waals surface area contributed by atoms with E-state index >= 15 is 0 Å². The summed E-state index contributed by atoms with van der Waals surface area (Å²) in [5.41, 5.74) is 5.03. The molecular formula is C13H23ClFN3O4S2. The third-order valence-electron chi connectivity index (χ3n) is 3.57. The number of nitrogens with one attached hydrogen (secondary N) is 2. The Morgan fingerprint density at radius 2 is 1.71 bits per heavy atom. The third-order valence-corrected chi connectivity index (χ3v) is 5.56. The van der Waals surface area contributed by atoms with Gasteiger partial charge >= 0.3 is 0 Å². The highest BCUT2D eigenvalue weighted by Gasteiger charge is 2.24. The number of hydrogen-bond acceptors (Lipinski definition) is 5. The smallest absolute Gasteiger partial charge is 0.240 e. The van der Waals surface area contributed by atoms with Crippen molar-refractivity contribution in [3.05, 3.63) is 24.0 Å². The SMILES string of the molecule is CCC(N)(CC)CNS(=O)(=O)c1ccc(NS(C)(=O)=O)c(F)c1.Cl. The molecule has 1 aromatic rings. The van der Waals surface area contributed by atoms with E-state index in [1.165, 1.54) is 0 Å². The highest BCUT2D eigenvalue weighted by molar-refractivity contribution is 7.92. The van der Waals surface area contributed by atoms with E-state index in [1.807, 2.05) is 18.6 Å². The van der Waals surface area contributed by atoms with Crippen LogP contribution in [0.5, 0.6) is 0 Å². The molecule has 140 valence electrons. The Hall–Kier alpha value is -0.940. The summed E-state index contributed by atoms with van der Waals surface area (Å²) in [6.45, 7) is 3.72. The third kappa shape index (κ3) is 6.52. The van der Waals surface area contributed by atoms with E-state index < -0.39 is 31.4 Å². The Bertz CT molecular complexity index is 765. The molecule has 0 aliphatic carbocycles. The van der Waals surface area contributed by atoms with Crippen LogP contribution in [0.25, 0.3) is 0 Å². The van der Waals surface area contributed by atoms with Gasteiger partial charge in [0.1, 0.15) is 5.82 Å². The fourth-order valence-corrected chi connectivity index (χ4v) is 3.48. The first-order valence-corrected chi connectivity index (χ1v) is 10.4. The minimum atomic E-state index is -3.94. The van der Waals surface area contributed by atoms with Crippen molar-refractivity contribution in [2.45, 2.75) is 37.1 Å². The van der Waals surface area contributed by atoms with Gasteiger partial charge in [-0.3, -0.25) is 4.72 Å². The summed E-state index contributed by atoms with van der Waals surface area (Å²) in [6, 6.07) is 2.93. The number of rotatable bonds is 8. The maximum absolute atomic E-state index is 13.9. The molecule has 1 rings (SSSR count). The van der Waals surface area contributed by atoms with Crippen molar-refractivity contribution >= 4 is 38.1 Å². The van der Waals surface area contributed by atoms with Crippen molar-refractivity contribution in [2.24, 2.45) is 5.73 Å². The lowest BCUT2D eigenvalue weighted by molar-refractivity contribution is 0.391. The van der Waals surface area contributed by atoms with Crippen molar-refractivity contribution in [1.29, 1.82) is 0 Å². The standard InChI is InChI=1S/C13H22FN3O4S2.ClH/c1-4-13(15,5-2)9-16-23(20,21)10-6-7-12(11(14)8-10)17-22(3,18)19;/h6-8,16-17H,4-5,9,15H2,1-3H3;1H. The van der Waals surface area contributed by atoms with Gasteiger partial charge in [0.15, 0.2) is 0 Å². The van der Waals surface area contributed by atoms with E-state index in [4.69, 9.17) is 5.73 Å². The molecular weight excluding hydrogens is 381 g/mol. The summed E-state index contributed by atoms with van der Waals surface area (Å²) in [5, 5.41) is 0. The first kappa shape index (κ1) is 23.1. The Labute approximate surface area is 148 Å². The van der Waals surface area contributed by atoms with Crippen molar-refractivity contribution in [3.8, 4) is 0 Å². The maximum Gasteiger partial charge on any atom is 0.240 e. The van der Waals surface area contributed by atoms with Crippen molar-refractivity contribution in [2.75, 3.05) is 17.5 Å². The van der Waals surface area contributed by atoms with Gasteiger partial charge < -0.3 is 5.73 Å². The molecule has 4 N–H and O–H groups in total. The zero-order chi connectivity index (χ0) is 17.9. The second-order valence-corrected chi connectivity index (χ2v) is 8.93. The minimum absolute atomic E-state index is 0. The minimum Gasteiger partial charge on any atom is -0.324 e. The number of hydrogen-bond donors (Lipinski definition) is 3. The van der Waals surface area contributed by atoms with E-state index in [9.17, 15) is 21.2 Å². The molecule has 11 heteroatoms. The fourth-order valence-electron chi connectivity index (χ4n) is 1.77. The zero-order valence-electron chi connectivity index (χ0n) is 13.7. The van der Waals surface area contributed by atoms with Crippen LogP contribution in [-0.2, 0) is 20.0 Å². The predicted octanol–water partition coefficient (Wildman–Crippen LogP) is 1.41. The number of nitrogens with two attached hydrogens (primary N) is 1. The molecule has 0 aromatic heterocycles. The van der Waals surface area contributed by atoms with Gasteiger partial charge in [0.2, 0.25) is 20.0 Å². The molecule has 0 spiro atoms. The molecule has 0 aliphatic rings. The molecule has 24 heavy (non-hydrogen) atoms. The zero-order valence-corrected chi connectivity index (χ0v) is 16.1. The normalized spacial score (nSPS) is 12.5. The van der Waals surface area contributed by atoms with E-state index in [1.54, 1.807) is 0 Å². The molecule has 0 amide bonds. The van der Waals surface area contributed by atoms with Crippen LogP contribution in [0, 0.1) is 5.82 Å². The Balaban J connectivity index is 0.00000529. The van der Waals surface area contributed by atoms with Crippen LogP contribution in [0.3, 0.4) is 0 Å².